The van der Waals surface area contributed by atoms with Gasteiger partial charge in [0.05, 0.1) is 0 Å². The number of carbonyl (C=O) groups excluding carboxylic acids is 2. The van der Waals surface area contributed by atoms with E-state index in [1.54, 1.807) is 11.8 Å². The van der Waals surface area contributed by atoms with Crippen molar-refractivity contribution in [1.82, 2.24) is 10.2 Å². The van der Waals surface area contributed by atoms with E-state index in [0.717, 1.165) is 29.5 Å². The molecule has 2 aromatic carbocycles. The smallest absolute Gasteiger partial charge is 0.261 e. The third-order valence-corrected chi connectivity index (χ3v) is 4.87. The molecule has 0 heterocycles. The average molecular weight is 397 g/mol. The first-order chi connectivity index (χ1) is 13.9. The van der Waals surface area contributed by atoms with Gasteiger partial charge >= 0.3 is 0 Å². The van der Waals surface area contributed by atoms with Crippen LogP contribution in [0.5, 0.6) is 5.75 Å². The van der Waals surface area contributed by atoms with Gasteiger partial charge in [-0.2, -0.15) is 0 Å². The maximum atomic E-state index is 13.0. The molecule has 0 fully saturated rings. The maximum absolute atomic E-state index is 13.0. The Morgan fingerprint density at radius 2 is 1.83 bits per heavy atom. The number of nitrogens with one attached hydrogen (secondary N) is 1. The summed E-state index contributed by atoms with van der Waals surface area (Å²) in [6.45, 7) is 8.68. The van der Waals surface area contributed by atoms with Crippen molar-refractivity contribution in [3.8, 4) is 5.75 Å². The highest BCUT2D eigenvalue weighted by Crippen LogP contribution is 2.19. The van der Waals surface area contributed by atoms with Crippen LogP contribution in [0, 0.1) is 13.8 Å². The van der Waals surface area contributed by atoms with E-state index in [0.29, 0.717) is 18.8 Å². The highest BCUT2D eigenvalue weighted by atomic mass is 16.5. The van der Waals surface area contributed by atoms with Crippen LogP contribution in [0.4, 0.5) is 0 Å². The predicted octanol–water partition coefficient (Wildman–Crippen LogP) is 4.02. The van der Waals surface area contributed by atoms with Crippen molar-refractivity contribution in [2.75, 3.05) is 13.2 Å². The monoisotopic (exact) mass is 396 g/mol. The zero-order valence-corrected chi connectivity index (χ0v) is 17.9. The Kier molecular flexibility index (Phi) is 8.71. The molecule has 0 aliphatic carbocycles. The van der Waals surface area contributed by atoms with Crippen molar-refractivity contribution in [3.63, 3.8) is 0 Å². The number of amides is 2. The molecule has 5 heteroatoms. The highest BCUT2D eigenvalue weighted by Gasteiger charge is 2.26. The van der Waals surface area contributed by atoms with Crippen LogP contribution in [0.2, 0.25) is 0 Å². The Hall–Kier alpha value is -2.82. The Bertz CT molecular complexity index is 805. The molecular formula is C24H32N2O3. The van der Waals surface area contributed by atoms with Crippen LogP contribution in [-0.4, -0.2) is 35.9 Å². The Balaban J connectivity index is 2.10. The van der Waals surface area contributed by atoms with Crippen LogP contribution in [0.15, 0.2) is 48.5 Å². The van der Waals surface area contributed by atoms with Gasteiger partial charge in [0.15, 0.2) is 6.61 Å². The van der Waals surface area contributed by atoms with Gasteiger partial charge in [-0.25, -0.2) is 0 Å². The number of benzene rings is 2. The summed E-state index contributed by atoms with van der Waals surface area (Å²) >= 11 is 0. The van der Waals surface area contributed by atoms with Crippen LogP contribution in [0.3, 0.4) is 0 Å². The molecule has 0 saturated heterocycles. The van der Waals surface area contributed by atoms with Gasteiger partial charge in [0.2, 0.25) is 5.91 Å². The second-order valence-corrected chi connectivity index (χ2v) is 7.39. The van der Waals surface area contributed by atoms with Crippen LogP contribution in [0.1, 0.15) is 43.4 Å². The molecule has 1 atom stereocenters. The zero-order valence-electron chi connectivity index (χ0n) is 17.9. The van der Waals surface area contributed by atoms with Crippen molar-refractivity contribution >= 4 is 11.8 Å². The van der Waals surface area contributed by atoms with E-state index in [1.165, 1.54) is 0 Å². The fourth-order valence-electron chi connectivity index (χ4n) is 3.08. The van der Waals surface area contributed by atoms with Gasteiger partial charge in [-0.15, -0.1) is 0 Å². The summed E-state index contributed by atoms with van der Waals surface area (Å²) in [4.78, 5) is 27.2. The Morgan fingerprint density at radius 3 is 2.48 bits per heavy atom. The Labute approximate surface area is 174 Å². The zero-order chi connectivity index (χ0) is 21.2. The summed E-state index contributed by atoms with van der Waals surface area (Å²) in [7, 11) is 0. The fourth-order valence-corrected chi connectivity index (χ4v) is 3.08. The molecule has 2 aromatic rings. The number of nitrogens with zero attached hydrogens (tertiary/aromatic N) is 1. The molecule has 0 saturated carbocycles. The summed E-state index contributed by atoms with van der Waals surface area (Å²) in [5.74, 6) is 0.324. The molecule has 2 amide bonds. The second kappa shape index (κ2) is 11.2. The molecule has 5 nitrogen and oxygen atoms in total. The summed E-state index contributed by atoms with van der Waals surface area (Å²) in [6, 6.07) is 15.0. The number of carbonyl (C=O) groups is 2. The fraction of sp³-hybridized carbons (Fsp3) is 0.417. The lowest BCUT2D eigenvalue weighted by Gasteiger charge is -2.29. The highest BCUT2D eigenvalue weighted by molar-refractivity contribution is 5.87. The van der Waals surface area contributed by atoms with Crippen LogP contribution < -0.4 is 10.1 Å². The predicted molar refractivity (Wildman–Crippen MR) is 116 cm³/mol. The average Bonchev–Trinajstić information content (AvgIpc) is 2.71. The molecule has 1 N–H and O–H groups in total. The minimum absolute atomic E-state index is 0.108. The number of hydrogen-bond donors (Lipinski definition) is 1. The SMILES string of the molecule is CCCCNC(=O)[C@@H](C)N(Cc1ccccc1)C(=O)COc1ccc(C)cc1C. The molecule has 0 unspecified atom stereocenters. The molecule has 0 aliphatic rings. The summed E-state index contributed by atoms with van der Waals surface area (Å²) < 4.78 is 5.78. The van der Waals surface area contributed by atoms with Gasteiger partial charge in [-0.1, -0.05) is 61.4 Å². The van der Waals surface area contributed by atoms with Gasteiger partial charge < -0.3 is 15.0 Å². The lowest BCUT2D eigenvalue weighted by Crippen LogP contribution is -2.49. The Morgan fingerprint density at radius 1 is 1.10 bits per heavy atom. The third-order valence-electron chi connectivity index (χ3n) is 4.87. The third kappa shape index (κ3) is 6.93. The first-order valence-electron chi connectivity index (χ1n) is 10.2. The van der Waals surface area contributed by atoms with Gasteiger partial charge in [0, 0.05) is 13.1 Å². The summed E-state index contributed by atoms with van der Waals surface area (Å²) in [5.41, 5.74) is 3.10. The lowest BCUT2D eigenvalue weighted by molar-refractivity contribution is -0.142. The molecule has 0 radical (unpaired) electrons. The van der Waals surface area contributed by atoms with Crippen molar-refractivity contribution in [2.24, 2.45) is 0 Å². The van der Waals surface area contributed by atoms with Gasteiger partial charge in [0.25, 0.3) is 5.91 Å². The maximum Gasteiger partial charge on any atom is 0.261 e. The van der Waals surface area contributed by atoms with Crippen molar-refractivity contribution in [3.05, 3.63) is 65.2 Å². The van der Waals surface area contributed by atoms with E-state index in [9.17, 15) is 9.59 Å². The van der Waals surface area contributed by atoms with Gasteiger partial charge in [-0.05, 0) is 44.4 Å². The molecule has 0 aromatic heterocycles. The number of hydrogen-bond acceptors (Lipinski definition) is 3. The largest absolute Gasteiger partial charge is 0.483 e. The summed E-state index contributed by atoms with van der Waals surface area (Å²) in [6.07, 6.45) is 1.92. The number of aryl methyl sites for hydroxylation is 2. The minimum atomic E-state index is -0.581. The number of ether oxygens (including phenoxy) is 1. The van der Waals surface area contributed by atoms with E-state index in [4.69, 9.17) is 4.74 Å². The lowest BCUT2D eigenvalue weighted by atomic mass is 10.1. The molecule has 29 heavy (non-hydrogen) atoms. The quantitative estimate of drug-likeness (QED) is 0.617. The first kappa shape index (κ1) is 22.5. The standard InChI is InChI=1S/C24H32N2O3/c1-5-6-14-25-24(28)20(4)26(16-21-10-8-7-9-11-21)23(27)17-29-22-13-12-18(2)15-19(22)3/h7-13,15,20H,5-6,14,16-17H2,1-4H3,(H,25,28)/t20-/m1/s1. The van der Waals surface area contributed by atoms with Crippen LogP contribution >= 0.6 is 0 Å². The van der Waals surface area contributed by atoms with Crippen LogP contribution in [-0.2, 0) is 16.1 Å². The molecule has 0 aliphatic heterocycles. The molecule has 0 spiro atoms. The second-order valence-electron chi connectivity index (χ2n) is 7.39. The van der Waals surface area contributed by atoms with Crippen molar-refractivity contribution in [1.29, 1.82) is 0 Å². The van der Waals surface area contributed by atoms with Crippen molar-refractivity contribution in [2.45, 2.75) is 53.1 Å². The van der Waals surface area contributed by atoms with Gasteiger partial charge in [-0.3, -0.25) is 9.59 Å². The molecule has 0 bridgehead atoms. The van der Waals surface area contributed by atoms with E-state index >= 15 is 0 Å². The van der Waals surface area contributed by atoms with E-state index in [-0.39, 0.29) is 18.4 Å². The summed E-state index contributed by atoms with van der Waals surface area (Å²) in [5, 5.41) is 2.92. The minimum Gasteiger partial charge on any atom is -0.483 e. The van der Waals surface area contributed by atoms with E-state index < -0.39 is 6.04 Å². The number of unbranched alkanes of at least 4 members (excludes halogenated alkanes) is 1. The van der Waals surface area contributed by atoms with E-state index in [1.807, 2.05) is 62.4 Å². The van der Waals surface area contributed by atoms with E-state index in [2.05, 4.69) is 12.2 Å². The molecular weight excluding hydrogens is 364 g/mol. The molecule has 2 rings (SSSR count). The first-order valence-corrected chi connectivity index (χ1v) is 10.2. The van der Waals surface area contributed by atoms with Gasteiger partial charge in [0.1, 0.15) is 11.8 Å². The van der Waals surface area contributed by atoms with Crippen molar-refractivity contribution < 1.29 is 14.3 Å². The molecule has 156 valence electrons. The normalized spacial score (nSPS) is 11.6. The number of rotatable bonds is 10. The van der Waals surface area contributed by atoms with Crippen LogP contribution in [0.25, 0.3) is 0 Å². The topological polar surface area (TPSA) is 58.6 Å².